The summed E-state index contributed by atoms with van der Waals surface area (Å²) in [6, 6.07) is 0.447. The molecule has 0 radical (unpaired) electrons. The molecule has 1 heterocycles. The third-order valence-corrected chi connectivity index (χ3v) is 3.94. The topological polar surface area (TPSA) is 63.2 Å². The van der Waals surface area contributed by atoms with Crippen molar-refractivity contribution in [3.63, 3.8) is 0 Å². The smallest absolute Gasteiger partial charge is 0.240 e. The zero-order valence-corrected chi connectivity index (χ0v) is 15.8. The highest BCUT2D eigenvalue weighted by molar-refractivity contribution is 5.86. The van der Waals surface area contributed by atoms with Crippen molar-refractivity contribution >= 4 is 11.9 Å². The van der Waals surface area contributed by atoms with Gasteiger partial charge in [-0.15, -0.1) is 0 Å². The van der Waals surface area contributed by atoms with Crippen LogP contribution in [0.3, 0.4) is 0 Å². The molecule has 23 heavy (non-hydrogen) atoms. The molecule has 1 amide bonds. The van der Waals surface area contributed by atoms with E-state index in [0.29, 0.717) is 6.04 Å². The van der Waals surface area contributed by atoms with Gasteiger partial charge in [-0.1, -0.05) is 0 Å². The number of aliphatic imine (C=N–C) groups is 1. The Balaban J connectivity index is 2.48. The molecule has 1 atom stereocenters. The molecule has 7 heteroatoms. The quantitative estimate of drug-likeness (QED) is 0.546. The van der Waals surface area contributed by atoms with Crippen molar-refractivity contribution in [2.24, 2.45) is 4.99 Å². The monoisotopic (exact) mass is 326 g/mol. The van der Waals surface area contributed by atoms with E-state index < -0.39 is 0 Å². The second kappa shape index (κ2) is 8.49. The van der Waals surface area contributed by atoms with Crippen LogP contribution in [0.2, 0.25) is 0 Å². The second-order valence-corrected chi connectivity index (χ2v) is 7.48. The Hall–Kier alpha value is -1.34. The molecule has 134 valence electrons. The molecule has 0 aromatic rings. The number of carbonyl (C=O) groups excluding carboxylic acids is 1. The van der Waals surface area contributed by atoms with Crippen molar-refractivity contribution in [2.75, 3.05) is 60.9 Å². The van der Waals surface area contributed by atoms with Crippen molar-refractivity contribution in [1.29, 1.82) is 0 Å². The van der Waals surface area contributed by atoms with E-state index in [9.17, 15) is 4.79 Å². The first-order chi connectivity index (χ1) is 10.6. The van der Waals surface area contributed by atoms with Crippen LogP contribution in [-0.4, -0.2) is 99.1 Å². The summed E-state index contributed by atoms with van der Waals surface area (Å²) in [6.45, 7) is 10.3. The maximum Gasteiger partial charge on any atom is 0.240 e. The largest absolute Gasteiger partial charge is 0.355 e. The first-order valence-electron chi connectivity index (χ1n) is 8.24. The minimum absolute atomic E-state index is 0.00234. The van der Waals surface area contributed by atoms with Crippen LogP contribution in [0.5, 0.6) is 0 Å². The lowest BCUT2D eigenvalue weighted by Crippen LogP contribution is -2.56. The molecule has 0 spiro atoms. The number of hydrogen-bond donors (Lipinski definition) is 2. The van der Waals surface area contributed by atoms with E-state index in [-0.39, 0.29) is 18.0 Å². The number of amides is 1. The first-order valence-corrected chi connectivity index (χ1v) is 8.24. The van der Waals surface area contributed by atoms with Gasteiger partial charge in [0.05, 0.1) is 6.54 Å². The van der Waals surface area contributed by atoms with Gasteiger partial charge in [-0.25, -0.2) is 0 Å². The summed E-state index contributed by atoms with van der Waals surface area (Å²) in [6.07, 6.45) is 0. The van der Waals surface area contributed by atoms with E-state index in [2.05, 4.69) is 39.5 Å². The van der Waals surface area contributed by atoms with Crippen molar-refractivity contribution in [3.8, 4) is 0 Å². The molecular formula is C16H34N6O. The molecule has 0 aliphatic carbocycles. The SMILES string of the molecule is CN=C(NCC1CN(C)CCN1C)N(C)CC(=O)NC(C)(C)C. The van der Waals surface area contributed by atoms with E-state index in [4.69, 9.17) is 0 Å². The summed E-state index contributed by atoms with van der Waals surface area (Å²) in [5, 5.41) is 6.35. The summed E-state index contributed by atoms with van der Waals surface area (Å²) < 4.78 is 0. The molecular weight excluding hydrogens is 292 g/mol. The molecule has 7 nitrogen and oxygen atoms in total. The number of hydrogen-bond acceptors (Lipinski definition) is 4. The Labute approximate surface area is 141 Å². The van der Waals surface area contributed by atoms with Crippen LogP contribution in [-0.2, 0) is 4.79 Å². The highest BCUT2D eigenvalue weighted by Crippen LogP contribution is 2.05. The van der Waals surface area contributed by atoms with Crippen LogP contribution in [0.4, 0.5) is 0 Å². The van der Waals surface area contributed by atoms with Gasteiger partial charge in [0.25, 0.3) is 0 Å². The first kappa shape index (κ1) is 19.7. The Morgan fingerprint density at radius 3 is 2.52 bits per heavy atom. The van der Waals surface area contributed by atoms with Gasteiger partial charge in [-0.3, -0.25) is 14.7 Å². The normalized spacial score (nSPS) is 21.2. The van der Waals surface area contributed by atoms with Crippen LogP contribution in [0, 0.1) is 0 Å². The highest BCUT2D eigenvalue weighted by atomic mass is 16.2. The van der Waals surface area contributed by atoms with Crippen molar-refractivity contribution in [2.45, 2.75) is 32.4 Å². The second-order valence-electron chi connectivity index (χ2n) is 7.48. The Morgan fingerprint density at radius 1 is 1.30 bits per heavy atom. The molecule has 0 bridgehead atoms. The molecule has 1 saturated heterocycles. The lowest BCUT2D eigenvalue weighted by Gasteiger charge is -2.38. The van der Waals surface area contributed by atoms with Crippen molar-refractivity contribution < 1.29 is 4.79 Å². The number of rotatable bonds is 4. The summed E-state index contributed by atoms with van der Waals surface area (Å²) in [5.74, 6) is 0.744. The molecule has 0 aromatic heterocycles. The zero-order valence-electron chi connectivity index (χ0n) is 15.8. The number of carbonyl (C=O) groups is 1. The summed E-state index contributed by atoms with van der Waals surface area (Å²) in [7, 11) is 7.94. The molecule has 1 aliphatic rings. The maximum atomic E-state index is 12.0. The number of guanidine groups is 1. The van der Waals surface area contributed by atoms with Crippen molar-refractivity contribution in [1.82, 2.24) is 25.3 Å². The third kappa shape index (κ3) is 7.18. The molecule has 2 N–H and O–H groups in total. The summed E-state index contributed by atoms with van der Waals surface area (Å²) in [4.78, 5) is 22.9. The lowest BCUT2D eigenvalue weighted by molar-refractivity contribution is -0.122. The van der Waals surface area contributed by atoms with Gasteiger partial charge in [0.15, 0.2) is 5.96 Å². The molecule has 1 aliphatic heterocycles. The zero-order chi connectivity index (χ0) is 17.6. The van der Waals surface area contributed by atoms with Gasteiger partial charge in [0.1, 0.15) is 0 Å². The van der Waals surface area contributed by atoms with Gasteiger partial charge < -0.3 is 20.4 Å². The average molecular weight is 326 g/mol. The average Bonchev–Trinajstić information content (AvgIpc) is 2.40. The van der Waals surface area contributed by atoms with Crippen molar-refractivity contribution in [3.05, 3.63) is 0 Å². The van der Waals surface area contributed by atoms with Gasteiger partial charge >= 0.3 is 0 Å². The number of nitrogens with one attached hydrogen (secondary N) is 2. The number of piperazine rings is 1. The van der Waals surface area contributed by atoms with Crippen LogP contribution in [0.25, 0.3) is 0 Å². The Kier molecular flexibility index (Phi) is 7.28. The van der Waals surface area contributed by atoms with Gasteiger partial charge in [0.2, 0.25) is 5.91 Å². The fourth-order valence-electron chi connectivity index (χ4n) is 2.66. The van der Waals surface area contributed by atoms with Crippen LogP contribution < -0.4 is 10.6 Å². The molecule has 0 aromatic carbocycles. The number of nitrogens with zero attached hydrogens (tertiary/aromatic N) is 4. The van der Waals surface area contributed by atoms with E-state index in [1.807, 2.05) is 32.7 Å². The van der Waals surface area contributed by atoms with Crippen LogP contribution >= 0.6 is 0 Å². The van der Waals surface area contributed by atoms with E-state index in [1.54, 1.807) is 7.05 Å². The lowest BCUT2D eigenvalue weighted by atomic mass is 10.1. The maximum absolute atomic E-state index is 12.0. The minimum Gasteiger partial charge on any atom is -0.355 e. The highest BCUT2D eigenvalue weighted by Gasteiger charge is 2.23. The molecule has 1 rings (SSSR count). The fourth-order valence-corrected chi connectivity index (χ4v) is 2.66. The minimum atomic E-state index is -0.218. The number of likely N-dealkylation sites (N-methyl/N-ethyl adjacent to an activating group) is 3. The predicted molar refractivity (Wildman–Crippen MR) is 95.8 cm³/mol. The van der Waals surface area contributed by atoms with Gasteiger partial charge in [0, 0.05) is 51.9 Å². The molecule has 0 saturated carbocycles. The third-order valence-electron chi connectivity index (χ3n) is 3.94. The summed E-state index contributed by atoms with van der Waals surface area (Å²) >= 11 is 0. The fraction of sp³-hybridized carbons (Fsp3) is 0.875. The molecule has 1 fully saturated rings. The Morgan fingerprint density at radius 2 is 1.96 bits per heavy atom. The summed E-state index contributed by atoms with van der Waals surface area (Å²) in [5.41, 5.74) is -0.218. The van der Waals surface area contributed by atoms with E-state index in [0.717, 1.165) is 32.1 Å². The van der Waals surface area contributed by atoms with Gasteiger partial charge in [-0.05, 0) is 34.9 Å². The van der Waals surface area contributed by atoms with Crippen LogP contribution in [0.15, 0.2) is 4.99 Å². The van der Waals surface area contributed by atoms with Crippen LogP contribution in [0.1, 0.15) is 20.8 Å². The van der Waals surface area contributed by atoms with E-state index in [1.165, 1.54) is 0 Å². The molecule has 1 unspecified atom stereocenters. The predicted octanol–water partition coefficient (Wildman–Crippen LogP) is -0.346. The Bertz CT molecular complexity index is 417. The van der Waals surface area contributed by atoms with E-state index >= 15 is 0 Å². The standard InChI is InChI=1S/C16H34N6O/c1-16(2,3)19-14(23)12-22(7)15(17-4)18-10-13-11-20(5)8-9-21(13)6/h13H,8-12H2,1-7H3,(H,17,18)(H,19,23). The van der Waals surface area contributed by atoms with Gasteiger partial charge in [-0.2, -0.15) is 0 Å².